The molecule has 0 bridgehead atoms. The van der Waals surface area contributed by atoms with Gasteiger partial charge in [0, 0.05) is 31.3 Å². The number of imide groups is 1. The number of nitrogens with one attached hydrogen (secondary N) is 1. The van der Waals surface area contributed by atoms with Gasteiger partial charge in [-0.25, -0.2) is 4.39 Å². The highest BCUT2D eigenvalue weighted by molar-refractivity contribution is 6.05. The van der Waals surface area contributed by atoms with Crippen molar-refractivity contribution >= 4 is 17.7 Å². The molecule has 0 saturated carbocycles. The van der Waals surface area contributed by atoms with Crippen molar-refractivity contribution in [1.29, 1.82) is 0 Å². The van der Waals surface area contributed by atoms with E-state index < -0.39 is 11.9 Å². The number of carbonyl (C=O) groups is 3. The van der Waals surface area contributed by atoms with E-state index in [0.29, 0.717) is 17.5 Å². The summed E-state index contributed by atoms with van der Waals surface area (Å²) >= 11 is 0. The first kappa shape index (κ1) is 20.8. The Labute approximate surface area is 185 Å². The fraction of sp³-hybridized carbons (Fsp3) is 0.417. The predicted molar refractivity (Wildman–Crippen MR) is 114 cm³/mol. The van der Waals surface area contributed by atoms with Crippen LogP contribution in [0.2, 0.25) is 0 Å². The van der Waals surface area contributed by atoms with E-state index >= 15 is 4.39 Å². The van der Waals surface area contributed by atoms with E-state index in [1.54, 1.807) is 6.20 Å². The second-order valence-electron chi connectivity index (χ2n) is 8.80. The molecule has 0 radical (unpaired) electrons. The topological polar surface area (TPSA) is 82.6 Å². The first-order valence-corrected chi connectivity index (χ1v) is 11.1. The molecule has 2 saturated heterocycles. The third kappa shape index (κ3) is 3.90. The minimum absolute atomic E-state index is 0.0973. The van der Waals surface area contributed by atoms with Gasteiger partial charge in [-0.3, -0.25) is 29.6 Å². The van der Waals surface area contributed by atoms with Gasteiger partial charge in [0.1, 0.15) is 11.9 Å². The Morgan fingerprint density at radius 1 is 1.09 bits per heavy atom. The maximum absolute atomic E-state index is 15.0. The highest BCUT2D eigenvalue weighted by Gasteiger charge is 2.40. The second kappa shape index (κ2) is 8.43. The molecule has 2 fully saturated rings. The normalized spacial score (nSPS) is 22.2. The van der Waals surface area contributed by atoms with E-state index in [0.717, 1.165) is 43.7 Å². The van der Waals surface area contributed by atoms with Crippen LogP contribution >= 0.6 is 0 Å². The lowest BCUT2D eigenvalue weighted by molar-refractivity contribution is -0.136. The van der Waals surface area contributed by atoms with E-state index in [-0.39, 0.29) is 36.5 Å². The SMILES string of the molecule is O=C1CCC(N2Cc3cc(C4CCN(Cc5ccccn5)CC4)c(F)cc3C2=O)C(=O)N1. The Hall–Kier alpha value is -3.13. The molecule has 0 spiro atoms. The Morgan fingerprint density at radius 3 is 2.62 bits per heavy atom. The average molecular weight is 436 g/mol. The number of pyridine rings is 1. The van der Waals surface area contributed by atoms with Crippen LogP contribution in [0.5, 0.6) is 0 Å². The molecule has 3 aliphatic heterocycles. The zero-order valence-electron chi connectivity index (χ0n) is 17.7. The number of aromatic nitrogens is 1. The van der Waals surface area contributed by atoms with Gasteiger partial charge in [-0.2, -0.15) is 0 Å². The van der Waals surface area contributed by atoms with E-state index in [9.17, 15) is 14.4 Å². The monoisotopic (exact) mass is 436 g/mol. The first-order valence-electron chi connectivity index (χ1n) is 11.1. The van der Waals surface area contributed by atoms with E-state index in [1.165, 1.54) is 11.0 Å². The molecule has 166 valence electrons. The van der Waals surface area contributed by atoms with Crippen molar-refractivity contribution < 1.29 is 18.8 Å². The minimum Gasteiger partial charge on any atom is -0.322 e. The van der Waals surface area contributed by atoms with Crippen LogP contribution in [0.3, 0.4) is 0 Å². The van der Waals surface area contributed by atoms with Gasteiger partial charge in [-0.15, -0.1) is 0 Å². The summed E-state index contributed by atoms with van der Waals surface area (Å²) in [6, 6.07) is 8.35. The number of hydrogen-bond acceptors (Lipinski definition) is 5. The second-order valence-corrected chi connectivity index (χ2v) is 8.80. The van der Waals surface area contributed by atoms with Crippen molar-refractivity contribution in [2.24, 2.45) is 0 Å². The number of likely N-dealkylation sites (tertiary alicyclic amines) is 1. The number of rotatable bonds is 4. The zero-order valence-corrected chi connectivity index (χ0v) is 17.7. The van der Waals surface area contributed by atoms with Crippen LogP contribution in [0.25, 0.3) is 0 Å². The number of halogens is 1. The smallest absolute Gasteiger partial charge is 0.255 e. The van der Waals surface area contributed by atoms with Gasteiger partial charge in [0.25, 0.3) is 5.91 Å². The number of hydrogen-bond donors (Lipinski definition) is 1. The summed E-state index contributed by atoms with van der Waals surface area (Å²) in [5.41, 5.74) is 2.76. The summed E-state index contributed by atoms with van der Waals surface area (Å²) in [6.07, 6.45) is 3.98. The molecule has 1 N–H and O–H groups in total. The fourth-order valence-corrected chi connectivity index (χ4v) is 5.04. The lowest BCUT2D eigenvalue weighted by Crippen LogP contribution is -2.52. The van der Waals surface area contributed by atoms with Crippen LogP contribution in [-0.2, 0) is 22.7 Å². The summed E-state index contributed by atoms with van der Waals surface area (Å²) in [5.74, 6) is -1.38. The molecular weight excluding hydrogens is 411 g/mol. The highest BCUT2D eigenvalue weighted by Crippen LogP contribution is 2.35. The van der Waals surface area contributed by atoms with Crippen molar-refractivity contribution in [3.05, 3.63) is 64.7 Å². The molecule has 1 unspecified atom stereocenters. The summed E-state index contributed by atoms with van der Waals surface area (Å²) < 4.78 is 15.0. The first-order chi connectivity index (χ1) is 15.5. The van der Waals surface area contributed by atoms with Crippen LogP contribution < -0.4 is 5.32 Å². The number of fused-ring (bicyclic) bond motifs is 1. The number of amides is 3. The quantitative estimate of drug-likeness (QED) is 0.744. The molecule has 7 nitrogen and oxygen atoms in total. The molecule has 1 aromatic heterocycles. The summed E-state index contributed by atoms with van der Waals surface area (Å²) in [5, 5.41) is 2.29. The Balaban J connectivity index is 1.28. The van der Waals surface area contributed by atoms with Gasteiger partial charge < -0.3 is 4.90 Å². The Bertz CT molecular complexity index is 1070. The molecular formula is C24H25FN4O3. The number of carbonyl (C=O) groups excluding carboxylic acids is 3. The van der Waals surface area contributed by atoms with Gasteiger partial charge >= 0.3 is 0 Å². The summed E-state index contributed by atoms with van der Waals surface area (Å²) in [6.45, 7) is 2.78. The number of benzene rings is 1. The Kier molecular flexibility index (Phi) is 5.46. The maximum atomic E-state index is 15.0. The summed E-state index contributed by atoms with van der Waals surface area (Å²) in [4.78, 5) is 44.7. The van der Waals surface area contributed by atoms with Crippen LogP contribution in [0.15, 0.2) is 36.5 Å². The molecule has 8 heteroatoms. The Morgan fingerprint density at radius 2 is 1.91 bits per heavy atom. The molecule has 3 amide bonds. The van der Waals surface area contributed by atoms with Gasteiger partial charge in [-0.05, 0) is 67.6 Å². The molecule has 32 heavy (non-hydrogen) atoms. The average Bonchev–Trinajstić information content (AvgIpc) is 3.10. The van der Waals surface area contributed by atoms with Gasteiger partial charge in [0.2, 0.25) is 11.8 Å². The largest absolute Gasteiger partial charge is 0.322 e. The van der Waals surface area contributed by atoms with Crippen LogP contribution in [0.1, 0.15) is 58.8 Å². The molecule has 1 aromatic carbocycles. The number of piperidine rings is 2. The predicted octanol–water partition coefficient (Wildman–Crippen LogP) is 2.36. The molecule has 2 aromatic rings. The minimum atomic E-state index is -0.686. The molecule has 4 heterocycles. The molecule has 3 aliphatic rings. The third-order valence-electron chi connectivity index (χ3n) is 6.78. The zero-order chi connectivity index (χ0) is 22.2. The third-order valence-corrected chi connectivity index (χ3v) is 6.78. The van der Waals surface area contributed by atoms with Gasteiger partial charge in [0.15, 0.2) is 0 Å². The van der Waals surface area contributed by atoms with Crippen LogP contribution in [0, 0.1) is 5.82 Å². The van der Waals surface area contributed by atoms with E-state index in [1.807, 2.05) is 24.3 Å². The molecule has 0 aliphatic carbocycles. The lowest BCUT2D eigenvalue weighted by Gasteiger charge is -2.32. The maximum Gasteiger partial charge on any atom is 0.255 e. The standard InChI is InChI=1S/C24H25FN4O3/c25-20-12-19-16(13-29(24(19)32)21-4-5-22(30)27-23(21)31)11-18(20)15-6-9-28(10-7-15)14-17-3-1-2-8-26-17/h1-3,8,11-12,15,21H,4-7,9-10,13-14H2,(H,27,30,31). The molecule has 5 rings (SSSR count). The van der Waals surface area contributed by atoms with Crippen LogP contribution in [0.4, 0.5) is 4.39 Å². The highest BCUT2D eigenvalue weighted by atomic mass is 19.1. The van der Waals surface area contributed by atoms with Crippen molar-refractivity contribution in [1.82, 2.24) is 20.1 Å². The van der Waals surface area contributed by atoms with Crippen molar-refractivity contribution in [2.45, 2.75) is 50.7 Å². The van der Waals surface area contributed by atoms with Gasteiger partial charge in [0.05, 0.1) is 5.69 Å². The lowest BCUT2D eigenvalue weighted by atomic mass is 9.87. The molecule has 1 atom stereocenters. The summed E-state index contributed by atoms with van der Waals surface area (Å²) in [7, 11) is 0. The van der Waals surface area contributed by atoms with Gasteiger partial charge in [-0.1, -0.05) is 12.1 Å². The van der Waals surface area contributed by atoms with E-state index in [2.05, 4.69) is 15.2 Å². The van der Waals surface area contributed by atoms with E-state index in [4.69, 9.17) is 0 Å². The fourth-order valence-electron chi connectivity index (χ4n) is 5.04. The van der Waals surface area contributed by atoms with Crippen molar-refractivity contribution in [3.8, 4) is 0 Å². The van der Waals surface area contributed by atoms with Crippen LogP contribution in [-0.4, -0.2) is 51.6 Å². The van der Waals surface area contributed by atoms with Crippen molar-refractivity contribution in [2.75, 3.05) is 13.1 Å². The number of nitrogens with zero attached hydrogens (tertiary/aromatic N) is 3. The van der Waals surface area contributed by atoms with Crippen molar-refractivity contribution in [3.63, 3.8) is 0 Å².